The molecule has 19 heavy (non-hydrogen) atoms. The van der Waals surface area contributed by atoms with Crippen LogP contribution < -0.4 is 0 Å². The SMILES string of the molecule is O=[N+]([O-])c1ccc(CCC(Cl)C2CCCC2)cc1F. The Kier molecular flexibility index (Phi) is 4.75. The smallest absolute Gasteiger partial charge is 0.258 e. The lowest BCUT2D eigenvalue weighted by atomic mass is 9.97. The summed E-state index contributed by atoms with van der Waals surface area (Å²) in [5.41, 5.74) is 0.300. The first kappa shape index (κ1) is 14.3. The van der Waals surface area contributed by atoms with Gasteiger partial charge < -0.3 is 0 Å². The van der Waals surface area contributed by atoms with Crippen molar-refractivity contribution >= 4 is 17.3 Å². The number of nitrogens with zero attached hydrogens (tertiary/aromatic N) is 1. The molecule has 1 aliphatic rings. The van der Waals surface area contributed by atoms with Crippen LogP contribution in [0.25, 0.3) is 0 Å². The molecule has 1 aromatic carbocycles. The molecule has 0 aromatic heterocycles. The Labute approximate surface area is 116 Å². The topological polar surface area (TPSA) is 43.1 Å². The van der Waals surface area contributed by atoms with E-state index in [1.54, 1.807) is 6.07 Å². The lowest BCUT2D eigenvalue weighted by molar-refractivity contribution is -0.387. The zero-order valence-corrected chi connectivity index (χ0v) is 11.4. The Hall–Kier alpha value is -1.16. The molecule has 1 aliphatic carbocycles. The number of hydrogen-bond donors (Lipinski definition) is 0. The van der Waals surface area contributed by atoms with Crippen LogP contribution in [-0.2, 0) is 6.42 Å². The molecule has 2 rings (SSSR count). The highest BCUT2D eigenvalue weighted by Gasteiger charge is 2.23. The summed E-state index contributed by atoms with van der Waals surface area (Å²) in [5, 5.41) is 10.6. The van der Waals surface area contributed by atoms with E-state index in [9.17, 15) is 14.5 Å². The van der Waals surface area contributed by atoms with Gasteiger partial charge >= 0.3 is 5.69 Å². The lowest BCUT2D eigenvalue weighted by Gasteiger charge is -2.16. The van der Waals surface area contributed by atoms with Crippen molar-refractivity contribution in [3.63, 3.8) is 0 Å². The minimum atomic E-state index is -0.769. The maximum absolute atomic E-state index is 13.5. The fraction of sp³-hybridized carbons (Fsp3) is 0.571. The third-order valence-electron chi connectivity index (χ3n) is 3.83. The van der Waals surface area contributed by atoms with Crippen LogP contribution in [0.1, 0.15) is 37.7 Å². The van der Waals surface area contributed by atoms with Gasteiger partial charge in [-0.1, -0.05) is 18.9 Å². The molecule has 104 valence electrons. The molecule has 3 nitrogen and oxygen atoms in total. The number of halogens is 2. The molecule has 0 radical (unpaired) electrons. The number of alkyl halides is 1. The van der Waals surface area contributed by atoms with E-state index in [4.69, 9.17) is 11.6 Å². The monoisotopic (exact) mass is 285 g/mol. The Morgan fingerprint density at radius 2 is 2.11 bits per heavy atom. The van der Waals surface area contributed by atoms with Crippen molar-refractivity contribution in [2.75, 3.05) is 0 Å². The van der Waals surface area contributed by atoms with Gasteiger partial charge in [-0.2, -0.15) is 4.39 Å². The Bertz CT molecular complexity index is 461. The fourth-order valence-corrected chi connectivity index (χ4v) is 3.07. The van der Waals surface area contributed by atoms with E-state index < -0.39 is 16.4 Å². The zero-order chi connectivity index (χ0) is 13.8. The standard InChI is InChI=1S/C14H17ClFNO2/c15-12(11-3-1-2-4-11)7-5-10-6-8-14(17(18)19)13(16)9-10/h6,8-9,11-12H,1-5,7H2. The highest BCUT2D eigenvalue weighted by atomic mass is 35.5. The van der Waals surface area contributed by atoms with Gasteiger partial charge in [-0.05, 0) is 43.2 Å². The summed E-state index contributed by atoms with van der Waals surface area (Å²) in [6, 6.07) is 4.08. The number of nitro groups is 1. The largest absolute Gasteiger partial charge is 0.304 e. The van der Waals surface area contributed by atoms with E-state index in [0.29, 0.717) is 12.3 Å². The molecule has 0 heterocycles. The second-order valence-corrected chi connectivity index (χ2v) is 5.70. The highest BCUT2D eigenvalue weighted by Crippen LogP contribution is 2.32. The molecule has 5 heteroatoms. The molecule has 1 aromatic rings. The van der Waals surface area contributed by atoms with Crippen molar-refractivity contribution in [3.05, 3.63) is 39.7 Å². The summed E-state index contributed by atoms with van der Waals surface area (Å²) in [4.78, 5) is 9.81. The third kappa shape index (κ3) is 3.66. The van der Waals surface area contributed by atoms with Crippen LogP contribution in [0.4, 0.5) is 10.1 Å². The van der Waals surface area contributed by atoms with Crippen LogP contribution in [-0.4, -0.2) is 10.3 Å². The van der Waals surface area contributed by atoms with Crippen LogP contribution in [0.3, 0.4) is 0 Å². The van der Waals surface area contributed by atoms with Crippen LogP contribution in [0, 0.1) is 21.8 Å². The van der Waals surface area contributed by atoms with Crippen molar-refractivity contribution < 1.29 is 9.31 Å². The molecule has 0 amide bonds. The maximum atomic E-state index is 13.5. The number of benzene rings is 1. The van der Waals surface area contributed by atoms with Crippen molar-refractivity contribution in [1.82, 2.24) is 0 Å². The molecule has 1 saturated carbocycles. The Morgan fingerprint density at radius 1 is 1.42 bits per heavy atom. The number of nitro benzene ring substituents is 1. The van der Waals surface area contributed by atoms with Gasteiger partial charge in [0.1, 0.15) is 0 Å². The number of hydrogen-bond acceptors (Lipinski definition) is 2. The normalized spacial score (nSPS) is 17.6. The zero-order valence-electron chi connectivity index (χ0n) is 10.6. The summed E-state index contributed by atoms with van der Waals surface area (Å²) in [7, 11) is 0. The van der Waals surface area contributed by atoms with Gasteiger partial charge in [0.2, 0.25) is 5.82 Å². The van der Waals surface area contributed by atoms with Crippen molar-refractivity contribution in [2.45, 2.75) is 43.9 Å². The van der Waals surface area contributed by atoms with Crippen molar-refractivity contribution in [2.24, 2.45) is 5.92 Å². The summed E-state index contributed by atoms with van der Waals surface area (Å²) < 4.78 is 13.5. The first-order valence-corrected chi connectivity index (χ1v) is 7.08. The third-order valence-corrected chi connectivity index (χ3v) is 4.40. The van der Waals surface area contributed by atoms with Crippen LogP contribution in [0.5, 0.6) is 0 Å². The number of rotatable bonds is 5. The predicted octanol–water partition coefficient (Wildman–Crippen LogP) is 4.46. The average molecular weight is 286 g/mol. The van der Waals surface area contributed by atoms with Gasteiger partial charge in [-0.25, -0.2) is 0 Å². The molecule has 0 saturated heterocycles. The Morgan fingerprint density at radius 3 is 2.68 bits per heavy atom. The molecular formula is C14H17ClFNO2. The van der Waals surface area contributed by atoms with Gasteiger partial charge in [0.25, 0.3) is 0 Å². The van der Waals surface area contributed by atoms with E-state index in [2.05, 4.69) is 0 Å². The second-order valence-electron chi connectivity index (χ2n) is 5.14. The lowest BCUT2D eigenvalue weighted by Crippen LogP contribution is -2.12. The minimum Gasteiger partial charge on any atom is -0.258 e. The van der Waals surface area contributed by atoms with Crippen LogP contribution in [0.15, 0.2) is 18.2 Å². The van der Waals surface area contributed by atoms with Gasteiger partial charge in [-0.15, -0.1) is 11.6 Å². The molecule has 1 fully saturated rings. The molecule has 0 bridgehead atoms. The second kappa shape index (κ2) is 6.33. The summed E-state index contributed by atoms with van der Waals surface area (Å²) in [6.45, 7) is 0. The molecule has 0 spiro atoms. The highest BCUT2D eigenvalue weighted by molar-refractivity contribution is 6.20. The van der Waals surface area contributed by atoms with Crippen LogP contribution >= 0.6 is 11.6 Å². The molecule has 1 unspecified atom stereocenters. The quantitative estimate of drug-likeness (QED) is 0.455. The van der Waals surface area contributed by atoms with E-state index in [-0.39, 0.29) is 5.38 Å². The first-order chi connectivity index (χ1) is 9.08. The van der Waals surface area contributed by atoms with Crippen LogP contribution in [0.2, 0.25) is 0 Å². The fourth-order valence-electron chi connectivity index (χ4n) is 2.71. The summed E-state index contributed by atoms with van der Waals surface area (Å²) >= 11 is 6.36. The van der Waals surface area contributed by atoms with Crippen molar-refractivity contribution in [3.8, 4) is 0 Å². The van der Waals surface area contributed by atoms with Gasteiger partial charge in [0.05, 0.1) is 4.92 Å². The number of aryl methyl sites for hydroxylation is 1. The average Bonchev–Trinajstić information content (AvgIpc) is 2.89. The van der Waals surface area contributed by atoms with E-state index in [1.165, 1.54) is 37.8 Å². The van der Waals surface area contributed by atoms with E-state index in [0.717, 1.165) is 12.0 Å². The van der Waals surface area contributed by atoms with E-state index >= 15 is 0 Å². The van der Waals surface area contributed by atoms with Gasteiger partial charge in [0.15, 0.2) is 0 Å². The van der Waals surface area contributed by atoms with Gasteiger partial charge in [-0.3, -0.25) is 10.1 Å². The summed E-state index contributed by atoms with van der Waals surface area (Å²) in [5.74, 6) is -0.195. The Balaban J connectivity index is 1.92. The summed E-state index contributed by atoms with van der Waals surface area (Å²) in [6.07, 6.45) is 6.33. The molecule has 0 N–H and O–H groups in total. The predicted molar refractivity (Wildman–Crippen MR) is 73.0 cm³/mol. The van der Waals surface area contributed by atoms with Gasteiger partial charge in [0, 0.05) is 11.4 Å². The molecular weight excluding hydrogens is 269 g/mol. The first-order valence-electron chi connectivity index (χ1n) is 6.65. The molecule has 1 atom stereocenters. The molecule has 0 aliphatic heterocycles. The maximum Gasteiger partial charge on any atom is 0.304 e. The van der Waals surface area contributed by atoms with Crippen molar-refractivity contribution in [1.29, 1.82) is 0 Å². The van der Waals surface area contributed by atoms with E-state index in [1.807, 2.05) is 0 Å². The minimum absolute atomic E-state index is 0.126.